The van der Waals surface area contributed by atoms with Crippen LogP contribution in [0.25, 0.3) is 0 Å². The minimum atomic E-state index is -0.975. The Kier molecular flexibility index (Phi) is 5.06. The molecule has 0 aliphatic carbocycles. The molecule has 19 heavy (non-hydrogen) atoms. The topological polar surface area (TPSA) is 81.4 Å². The van der Waals surface area contributed by atoms with Crippen LogP contribution in [0.2, 0.25) is 0 Å². The van der Waals surface area contributed by atoms with Crippen molar-refractivity contribution in [3.8, 4) is 0 Å². The Balaban J connectivity index is 2.78. The van der Waals surface area contributed by atoms with Gasteiger partial charge in [0.15, 0.2) is 0 Å². The predicted octanol–water partition coefficient (Wildman–Crippen LogP) is 0.797. The molecular weight excluding hydrogens is 244 g/mol. The van der Waals surface area contributed by atoms with Crippen molar-refractivity contribution in [3.05, 3.63) is 35.9 Å². The summed E-state index contributed by atoms with van der Waals surface area (Å²) in [4.78, 5) is 23.5. The van der Waals surface area contributed by atoms with Crippen molar-refractivity contribution >= 4 is 11.9 Å². The van der Waals surface area contributed by atoms with Crippen LogP contribution in [-0.4, -0.2) is 31.1 Å². The first-order valence-corrected chi connectivity index (χ1v) is 6.06. The largest absolute Gasteiger partial charge is 0.468 e. The van der Waals surface area contributed by atoms with Gasteiger partial charge in [-0.15, -0.1) is 0 Å². The van der Waals surface area contributed by atoms with Gasteiger partial charge in [-0.2, -0.15) is 0 Å². The second-order valence-electron chi connectivity index (χ2n) is 4.92. The smallest absolute Gasteiger partial charge is 0.314 e. The van der Waals surface area contributed by atoms with Crippen molar-refractivity contribution in [2.45, 2.75) is 25.3 Å². The molecule has 5 nitrogen and oxygen atoms in total. The van der Waals surface area contributed by atoms with Gasteiger partial charge in [0.1, 0.15) is 0 Å². The normalized spacial score (nSPS) is 12.6. The van der Waals surface area contributed by atoms with Crippen LogP contribution >= 0.6 is 0 Å². The highest BCUT2D eigenvalue weighted by molar-refractivity contribution is 5.86. The number of esters is 1. The second kappa shape index (κ2) is 6.33. The molecule has 0 aliphatic rings. The van der Waals surface area contributed by atoms with Crippen LogP contribution in [0.15, 0.2) is 30.3 Å². The standard InChI is InChI=1S/C14H20N2O3/c1-14(2,15)13(18)16-9-11(12(17)19-3)10-7-5-4-6-8-10/h4-8,11H,9,15H2,1-3H3,(H,16,18). The SMILES string of the molecule is COC(=O)C(CNC(=O)C(C)(C)N)c1ccccc1. The number of carbonyl (C=O) groups is 2. The summed E-state index contributed by atoms with van der Waals surface area (Å²) in [6.45, 7) is 3.38. The average molecular weight is 264 g/mol. The van der Waals surface area contributed by atoms with Gasteiger partial charge in [-0.25, -0.2) is 0 Å². The molecule has 0 aromatic heterocycles. The Morgan fingerprint density at radius 3 is 2.37 bits per heavy atom. The summed E-state index contributed by atoms with van der Waals surface area (Å²) >= 11 is 0. The number of benzene rings is 1. The Labute approximate surface area is 113 Å². The highest BCUT2D eigenvalue weighted by atomic mass is 16.5. The van der Waals surface area contributed by atoms with Gasteiger partial charge >= 0.3 is 5.97 Å². The molecule has 0 spiro atoms. The molecule has 104 valence electrons. The average Bonchev–Trinajstić information content (AvgIpc) is 2.38. The van der Waals surface area contributed by atoms with E-state index in [1.165, 1.54) is 7.11 Å². The van der Waals surface area contributed by atoms with Gasteiger partial charge in [-0.05, 0) is 19.4 Å². The number of methoxy groups -OCH3 is 1. The molecule has 0 radical (unpaired) electrons. The maximum absolute atomic E-state index is 11.8. The van der Waals surface area contributed by atoms with Crippen molar-refractivity contribution in [2.75, 3.05) is 13.7 Å². The van der Waals surface area contributed by atoms with Gasteiger partial charge in [0.25, 0.3) is 0 Å². The van der Waals surface area contributed by atoms with E-state index in [4.69, 9.17) is 10.5 Å². The fourth-order valence-electron chi connectivity index (χ4n) is 1.59. The van der Waals surface area contributed by atoms with Crippen LogP contribution in [0, 0.1) is 0 Å². The molecular formula is C14H20N2O3. The van der Waals surface area contributed by atoms with Crippen LogP contribution in [0.3, 0.4) is 0 Å². The molecule has 1 aromatic carbocycles. The van der Waals surface area contributed by atoms with Crippen LogP contribution in [0.5, 0.6) is 0 Å². The maximum Gasteiger partial charge on any atom is 0.314 e. The lowest BCUT2D eigenvalue weighted by Crippen LogP contribution is -2.50. The first-order chi connectivity index (χ1) is 8.86. The Morgan fingerprint density at radius 2 is 1.89 bits per heavy atom. The summed E-state index contributed by atoms with van der Waals surface area (Å²) in [5, 5.41) is 2.67. The highest BCUT2D eigenvalue weighted by Gasteiger charge is 2.26. The number of nitrogens with two attached hydrogens (primary N) is 1. The minimum absolute atomic E-state index is 0.163. The zero-order valence-electron chi connectivity index (χ0n) is 11.5. The first-order valence-electron chi connectivity index (χ1n) is 6.06. The van der Waals surface area contributed by atoms with E-state index in [9.17, 15) is 9.59 Å². The van der Waals surface area contributed by atoms with Crippen molar-refractivity contribution in [2.24, 2.45) is 5.73 Å². The van der Waals surface area contributed by atoms with E-state index in [2.05, 4.69) is 5.32 Å². The van der Waals surface area contributed by atoms with Crippen LogP contribution < -0.4 is 11.1 Å². The van der Waals surface area contributed by atoms with E-state index in [-0.39, 0.29) is 18.4 Å². The molecule has 0 aliphatic heterocycles. The van der Waals surface area contributed by atoms with E-state index >= 15 is 0 Å². The quantitative estimate of drug-likeness (QED) is 0.771. The van der Waals surface area contributed by atoms with Crippen LogP contribution in [0.4, 0.5) is 0 Å². The van der Waals surface area contributed by atoms with E-state index < -0.39 is 11.5 Å². The third-order valence-corrected chi connectivity index (χ3v) is 2.74. The highest BCUT2D eigenvalue weighted by Crippen LogP contribution is 2.16. The van der Waals surface area contributed by atoms with Gasteiger partial charge < -0.3 is 15.8 Å². The van der Waals surface area contributed by atoms with E-state index in [1.54, 1.807) is 13.8 Å². The van der Waals surface area contributed by atoms with Crippen molar-refractivity contribution < 1.29 is 14.3 Å². The summed E-state index contributed by atoms with van der Waals surface area (Å²) in [6, 6.07) is 9.17. The number of ether oxygens (including phenoxy) is 1. The number of hydrogen-bond donors (Lipinski definition) is 2. The van der Waals surface area contributed by atoms with Crippen molar-refractivity contribution in [1.82, 2.24) is 5.32 Å². The molecule has 0 bridgehead atoms. The predicted molar refractivity (Wildman–Crippen MR) is 72.5 cm³/mol. The van der Waals surface area contributed by atoms with Gasteiger partial charge in [-0.1, -0.05) is 30.3 Å². The maximum atomic E-state index is 11.8. The van der Waals surface area contributed by atoms with Crippen LogP contribution in [0.1, 0.15) is 25.3 Å². The molecule has 5 heteroatoms. The molecule has 0 saturated heterocycles. The Bertz CT molecular complexity index is 438. The minimum Gasteiger partial charge on any atom is -0.468 e. The summed E-state index contributed by atoms with van der Waals surface area (Å²) in [6.07, 6.45) is 0. The lowest BCUT2D eigenvalue weighted by Gasteiger charge is -2.21. The second-order valence-corrected chi connectivity index (χ2v) is 4.92. The van der Waals surface area contributed by atoms with E-state index in [0.29, 0.717) is 0 Å². The fourth-order valence-corrected chi connectivity index (χ4v) is 1.59. The van der Waals surface area contributed by atoms with Crippen molar-refractivity contribution in [1.29, 1.82) is 0 Å². The van der Waals surface area contributed by atoms with Crippen LogP contribution in [-0.2, 0) is 14.3 Å². The van der Waals surface area contributed by atoms with Gasteiger partial charge in [0.05, 0.1) is 18.6 Å². The third-order valence-electron chi connectivity index (χ3n) is 2.74. The summed E-state index contributed by atoms with van der Waals surface area (Å²) in [5.41, 5.74) is 5.51. The number of carbonyl (C=O) groups excluding carboxylic acids is 2. The van der Waals surface area contributed by atoms with Gasteiger partial charge in [0, 0.05) is 6.54 Å². The monoisotopic (exact) mass is 264 g/mol. The molecule has 1 aromatic rings. The number of amides is 1. The Hall–Kier alpha value is -1.88. The molecule has 0 fully saturated rings. The Morgan fingerprint density at radius 1 is 1.32 bits per heavy atom. The van der Waals surface area contributed by atoms with Crippen molar-refractivity contribution in [3.63, 3.8) is 0 Å². The molecule has 1 amide bonds. The van der Waals surface area contributed by atoms with E-state index in [0.717, 1.165) is 5.56 Å². The number of rotatable bonds is 5. The third kappa shape index (κ3) is 4.37. The number of nitrogens with one attached hydrogen (secondary N) is 1. The number of hydrogen-bond acceptors (Lipinski definition) is 4. The lowest BCUT2D eigenvalue weighted by molar-refractivity contribution is -0.142. The first kappa shape index (κ1) is 15.2. The molecule has 3 N–H and O–H groups in total. The van der Waals surface area contributed by atoms with Gasteiger partial charge in [-0.3, -0.25) is 9.59 Å². The molecule has 1 unspecified atom stereocenters. The summed E-state index contributed by atoms with van der Waals surface area (Å²) in [7, 11) is 1.33. The molecule has 0 saturated carbocycles. The molecule has 0 heterocycles. The van der Waals surface area contributed by atoms with Gasteiger partial charge in [0.2, 0.25) is 5.91 Å². The zero-order valence-corrected chi connectivity index (χ0v) is 11.5. The van der Waals surface area contributed by atoms with E-state index in [1.807, 2.05) is 30.3 Å². The lowest BCUT2D eigenvalue weighted by atomic mass is 9.98. The zero-order chi connectivity index (χ0) is 14.5. The molecule has 1 rings (SSSR count). The molecule has 1 atom stereocenters. The summed E-state index contributed by atoms with van der Waals surface area (Å²) < 4.78 is 4.76. The summed E-state index contributed by atoms with van der Waals surface area (Å²) in [5.74, 6) is -1.23. The fraction of sp³-hybridized carbons (Fsp3) is 0.429.